The van der Waals surface area contributed by atoms with Crippen molar-refractivity contribution in [2.75, 3.05) is 4.72 Å². The Morgan fingerprint density at radius 1 is 0.720 bits per heavy atom. The van der Waals surface area contributed by atoms with Crippen molar-refractivity contribution in [3.8, 4) is 0 Å². The highest BCUT2D eigenvalue weighted by atomic mass is 32.2. The van der Waals surface area contributed by atoms with Gasteiger partial charge in [0, 0.05) is 5.69 Å². The van der Waals surface area contributed by atoms with E-state index < -0.39 is 15.8 Å². The van der Waals surface area contributed by atoms with Crippen LogP contribution in [0, 0.1) is 5.82 Å². The molecule has 3 rings (SSSR count). The number of sulfonamides is 1. The van der Waals surface area contributed by atoms with Gasteiger partial charge in [0.15, 0.2) is 0 Å². The predicted octanol–water partition coefficient (Wildman–Crippen LogP) is 5.04. The lowest BCUT2D eigenvalue weighted by atomic mass is 10.3. The minimum Gasteiger partial charge on any atom is -0.280 e. The Labute approximate surface area is 144 Å². The standard InChI is InChI=1S/C18H14FN3O2S/c19-14-6-12-18(13-7-14)25(23,24)22-17-10-8-16(9-11-17)21-20-15-4-2-1-3-5-15/h1-13,22H. The molecule has 0 atom stereocenters. The van der Waals surface area contributed by atoms with Crippen LogP contribution >= 0.6 is 0 Å². The molecule has 3 aromatic rings. The Morgan fingerprint density at radius 3 is 1.88 bits per heavy atom. The van der Waals surface area contributed by atoms with Gasteiger partial charge in [-0.25, -0.2) is 12.8 Å². The quantitative estimate of drug-likeness (QED) is 0.651. The minimum absolute atomic E-state index is 0.0123. The topological polar surface area (TPSA) is 70.9 Å². The molecule has 0 radical (unpaired) electrons. The Bertz CT molecular complexity index is 971. The lowest BCUT2D eigenvalue weighted by Crippen LogP contribution is -2.12. The van der Waals surface area contributed by atoms with Gasteiger partial charge in [-0.05, 0) is 60.7 Å². The number of anilines is 1. The minimum atomic E-state index is -3.77. The summed E-state index contributed by atoms with van der Waals surface area (Å²) in [6, 6.07) is 20.3. The van der Waals surface area contributed by atoms with E-state index >= 15 is 0 Å². The summed E-state index contributed by atoms with van der Waals surface area (Å²) in [5, 5.41) is 8.18. The van der Waals surface area contributed by atoms with Crippen molar-refractivity contribution in [1.29, 1.82) is 0 Å². The monoisotopic (exact) mass is 355 g/mol. The molecule has 7 heteroatoms. The molecule has 126 valence electrons. The number of nitrogens with one attached hydrogen (secondary N) is 1. The molecular formula is C18H14FN3O2S. The molecule has 0 aliphatic carbocycles. The van der Waals surface area contributed by atoms with Gasteiger partial charge in [-0.15, -0.1) is 0 Å². The van der Waals surface area contributed by atoms with Crippen molar-refractivity contribution in [2.24, 2.45) is 10.2 Å². The fourth-order valence-electron chi connectivity index (χ4n) is 2.03. The van der Waals surface area contributed by atoms with Gasteiger partial charge >= 0.3 is 0 Å². The molecule has 0 bridgehead atoms. The van der Waals surface area contributed by atoms with Gasteiger partial charge in [0.1, 0.15) is 5.82 Å². The van der Waals surface area contributed by atoms with E-state index in [1.165, 1.54) is 12.1 Å². The molecule has 0 aromatic heterocycles. The molecule has 0 amide bonds. The lowest BCUT2D eigenvalue weighted by molar-refractivity contribution is 0.599. The van der Waals surface area contributed by atoms with Crippen LogP contribution in [0.4, 0.5) is 21.5 Å². The van der Waals surface area contributed by atoms with Crippen LogP contribution in [-0.2, 0) is 10.0 Å². The zero-order valence-electron chi connectivity index (χ0n) is 13.0. The summed E-state index contributed by atoms with van der Waals surface area (Å²) in [7, 11) is -3.77. The van der Waals surface area contributed by atoms with Gasteiger partial charge in [0.25, 0.3) is 10.0 Å². The summed E-state index contributed by atoms with van der Waals surface area (Å²) >= 11 is 0. The van der Waals surface area contributed by atoms with E-state index in [1.807, 2.05) is 30.3 Å². The van der Waals surface area contributed by atoms with Crippen molar-refractivity contribution in [3.63, 3.8) is 0 Å². The van der Waals surface area contributed by atoms with Gasteiger partial charge in [-0.3, -0.25) is 4.72 Å². The zero-order chi connectivity index (χ0) is 17.7. The Kier molecular flexibility index (Phi) is 4.85. The average Bonchev–Trinajstić information content (AvgIpc) is 2.62. The molecule has 25 heavy (non-hydrogen) atoms. The van der Waals surface area contributed by atoms with Crippen LogP contribution in [0.15, 0.2) is 94.0 Å². The van der Waals surface area contributed by atoms with Crippen molar-refractivity contribution >= 4 is 27.1 Å². The first-order chi connectivity index (χ1) is 12.0. The molecule has 0 spiro atoms. The summed E-state index contributed by atoms with van der Waals surface area (Å²) in [4.78, 5) is -0.0123. The average molecular weight is 355 g/mol. The number of nitrogens with zero attached hydrogens (tertiary/aromatic N) is 2. The van der Waals surface area contributed by atoms with Crippen molar-refractivity contribution in [2.45, 2.75) is 4.90 Å². The molecule has 0 saturated heterocycles. The van der Waals surface area contributed by atoms with E-state index in [-0.39, 0.29) is 4.90 Å². The van der Waals surface area contributed by atoms with Gasteiger partial charge < -0.3 is 0 Å². The third kappa shape index (κ3) is 4.48. The number of hydrogen-bond acceptors (Lipinski definition) is 4. The first-order valence-electron chi connectivity index (χ1n) is 7.38. The van der Waals surface area contributed by atoms with Crippen LogP contribution in [0.3, 0.4) is 0 Å². The van der Waals surface area contributed by atoms with Crippen LogP contribution in [-0.4, -0.2) is 8.42 Å². The summed E-state index contributed by atoms with van der Waals surface area (Å²) < 4.78 is 39.8. The Hall–Kier alpha value is -3.06. The maximum absolute atomic E-state index is 12.9. The second-order valence-electron chi connectivity index (χ2n) is 5.14. The zero-order valence-corrected chi connectivity index (χ0v) is 13.8. The molecule has 1 N–H and O–H groups in total. The van der Waals surface area contributed by atoms with Gasteiger partial charge in [0.2, 0.25) is 0 Å². The van der Waals surface area contributed by atoms with Crippen molar-refractivity contribution in [1.82, 2.24) is 0 Å². The smallest absolute Gasteiger partial charge is 0.261 e. The molecular weight excluding hydrogens is 341 g/mol. The Balaban J connectivity index is 1.72. The number of benzene rings is 3. The largest absolute Gasteiger partial charge is 0.280 e. The first-order valence-corrected chi connectivity index (χ1v) is 8.86. The van der Waals surface area contributed by atoms with E-state index in [9.17, 15) is 12.8 Å². The fourth-order valence-corrected chi connectivity index (χ4v) is 3.09. The Morgan fingerprint density at radius 2 is 1.28 bits per heavy atom. The van der Waals surface area contributed by atoms with Crippen LogP contribution in [0.25, 0.3) is 0 Å². The predicted molar refractivity (Wildman–Crippen MR) is 94.3 cm³/mol. The normalized spacial score (nSPS) is 11.6. The third-order valence-corrected chi connectivity index (χ3v) is 4.68. The van der Waals surface area contributed by atoms with Crippen LogP contribution in [0.2, 0.25) is 0 Å². The second kappa shape index (κ2) is 7.23. The van der Waals surface area contributed by atoms with E-state index in [0.29, 0.717) is 11.4 Å². The summed E-state index contributed by atoms with van der Waals surface area (Å²) in [5.74, 6) is -0.493. The van der Waals surface area contributed by atoms with Gasteiger partial charge in [-0.1, -0.05) is 18.2 Å². The number of azo groups is 1. The van der Waals surface area contributed by atoms with Crippen molar-refractivity contribution in [3.05, 3.63) is 84.7 Å². The first kappa shape index (κ1) is 16.8. The molecule has 0 aliphatic rings. The maximum Gasteiger partial charge on any atom is 0.261 e. The van der Waals surface area contributed by atoms with Gasteiger partial charge in [0.05, 0.1) is 16.3 Å². The summed E-state index contributed by atoms with van der Waals surface area (Å²) in [6.07, 6.45) is 0. The second-order valence-corrected chi connectivity index (χ2v) is 6.82. The molecule has 0 heterocycles. The van der Waals surface area contributed by atoms with E-state index in [0.717, 1.165) is 17.8 Å². The van der Waals surface area contributed by atoms with Crippen LogP contribution < -0.4 is 4.72 Å². The number of rotatable bonds is 5. The third-order valence-electron chi connectivity index (χ3n) is 3.28. The van der Waals surface area contributed by atoms with E-state index in [1.54, 1.807) is 24.3 Å². The number of halogens is 1. The fraction of sp³-hybridized carbons (Fsp3) is 0. The number of hydrogen-bond donors (Lipinski definition) is 1. The van der Waals surface area contributed by atoms with E-state index in [2.05, 4.69) is 15.0 Å². The van der Waals surface area contributed by atoms with E-state index in [4.69, 9.17) is 0 Å². The molecule has 0 fully saturated rings. The molecule has 5 nitrogen and oxygen atoms in total. The van der Waals surface area contributed by atoms with Gasteiger partial charge in [-0.2, -0.15) is 10.2 Å². The van der Waals surface area contributed by atoms with Crippen LogP contribution in [0.1, 0.15) is 0 Å². The van der Waals surface area contributed by atoms with Crippen LogP contribution in [0.5, 0.6) is 0 Å². The SMILES string of the molecule is O=S(=O)(Nc1ccc(N=Nc2ccccc2)cc1)c1ccc(F)cc1. The molecule has 3 aromatic carbocycles. The highest BCUT2D eigenvalue weighted by Gasteiger charge is 2.13. The molecule has 0 aliphatic heterocycles. The highest BCUT2D eigenvalue weighted by molar-refractivity contribution is 7.92. The lowest BCUT2D eigenvalue weighted by Gasteiger charge is -2.08. The molecule has 0 saturated carbocycles. The molecule has 0 unspecified atom stereocenters. The van der Waals surface area contributed by atoms with Crippen molar-refractivity contribution < 1.29 is 12.8 Å². The summed E-state index contributed by atoms with van der Waals surface area (Å²) in [5.41, 5.74) is 1.69. The summed E-state index contributed by atoms with van der Waals surface area (Å²) in [6.45, 7) is 0. The maximum atomic E-state index is 12.9. The highest BCUT2D eigenvalue weighted by Crippen LogP contribution is 2.22.